The van der Waals surface area contributed by atoms with Crippen LogP contribution >= 0.6 is 15.9 Å². The summed E-state index contributed by atoms with van der Waals surface area (Å²) in [4.78, 5) is 11.6. The largest absolute Gasteiger partial charge is 0.417 e. The van der Waals surface area contributed by atoms with Gasteiger partial charge in [-0.1, -0.05) is 15.9 Å². The van der Waals surface area contributed by atoms with E-state index >= 15 is 0 Å². The van der Waals surface area contributed by atoms with Crippen LogP contribution in [0.3, 0.4) is 0 Å². The fourth-order valence-electron chi connectivity index (χ4n) is 1.37. The van der Waals surface area contributed by atoms with Crippen molar-refractivity contribution >= 4 is 21.8 Å². The van der Waals surface area contributed by atoms with Gasteiger partial charge in [-0.25, -0.2) is 0 Å². The fourth-order valence-corrected chi connectivity index (χ4v) is 1.84. The first-order valence-corrected chi connectivity index (χ1v) is 6.38. The zero-order valence-corrected chi connectivity index (χ0v) is 11.8. The number of hydrogen-bond donors (Lipinski definition) is 1. The van der Waals surface area contributed by atoms with Crippen LogP contribution in [-0.2, 0) is 10.9 Å². The van der Waals surface area contributed by atoms with Crippen LogP contribution in [0.2, 0.25) is 0 Å². The topological polar surface area (TPSA) is 38.3 Å². The van der Waals surface area contributed by atoms with Crippen LogP contribution in [-0.4, -0.2) is 25.7 Å². The molecule has 1 aromatic rings. The molecule has 0 atom stereocenters. The van der Waals surface area contributed by atoms with Crippen molar-refractivity contribution in [2.75, 3.05) is 19.8 Å². The third-order valence-corrected chi connectivity index (χ3v) is 2.96. The highest BCUT2D eigenvalue weighted by Gasteiger charge is 2.33. The van der Waals surface area contributed by atoms with Crippen LogP contribution in [0.15, 0.2) is 22.7 Å². The van der Waals surface area contributed by atoms with Crippen molar-refractivity contribution in [1.29, 1.82) is 0 Å². The predicted molar refractivity (Wildman–Crippen MR) is 68.0 cm³/mol. The van der Waals surface area contributed by atoms with Gasteiger partial charge in [0.05, 0.1) is 12.2 Å². The lowest BCUT2D eigenvalue weighted by Gasteiger charge is -2.11. The average molecular weight is 340 g/mol. The Kier molecular flexibility index (Phi) is 5.81. The van der Waals surface area contributed by atoms with Gasteiger partial charge < -0.3 is 10.1 Å². The van der Waals surface area contributed by atoms with Gasteiger partial charge in [0.2, 0.25) is 0 Å². The Hall–Kier alpha value is -1.08. The lowest BCUT2D eigenvalue weighted by atomic mass is 10.1. The van der Waals surface area contributed by atoms with E-state index in [4.69, 9.17) is 4.74 Å². The van der Waals surface area contributed by atoms with E-state index < -0.39 is 17.6 Å². The summed E-state index contributed by atoms with van der Waals surface area (Å²) in [5.41, 5.74) is -0.906. The Morgan fingerprint density at radius 3 is 2.68 bits per heavy atom. The Labute approximate surface area is 117 Å². The number of hydrogen-bond acceptors (Lipinski definition) is 2. The molecule has 0 spiro atoms. The van der Waals surface area contributed by atoms with E-state index in [1.807, 2.05) is 6.92 Å². The van der Waals surface area contributed by atoms with Crippen LogP contribution in [0, 0.1) is 0 Å². The van der Waals surface area contributed by atoms with Crippen molar-refractivity contribution in [2.24, 2.45) is 0 Å². The van der Waals surface area contributed by atoms with E-state index in [2.05, 4.69) is 21.2 Å². The zero-order valence-electron chi connectivity index (χ0n) is 10.2. The fraction of sp³-hybridized carbons (Fsp3) is 0.417. The third-order valence-electron chi connectivity index (χ3n) is 2.27. The molecule has 0 saturated carbocycles. The maximum Gasteiger partial charge on any atom is 0.417 e. The molecule has 19 heavy (non-hydrogen) atoms. The molecule has 0 aliphatic rings. The van der Waals surface area contributed by atoms with Gasteiger partial charge in [-0.15, -0.1) is 0 Å². The first kappa shape index (κ1) is 16.0. The molecule has 3 nitrogen and oxygen atoms in total. The molecule has 1 rings (SSSR count). The van der Waals surface area contributed by atoms with Crippen molar-refractivity contribution in [3.8, 4) is 0 Å². The standard InChI is InChI=1S/C12H13BrF3NO2/c1-2-19-6-5-17-11(18)8-3-4-10(13)9(7-8)12(14,15)16/h3-4,7H,2,5-6H2,1H3,(H,17,18). The second-order valence-electron chi connectivity index (χ2n) is 3.65. The quantitative estimate of drug-likeness (QED) is 0.836. The van der Waals surface area contributed by atoms with Gasteiger partial charge in [-0.05, 0) is 25.1 Å². The molecule has 1 amide bonds. The van der Waals surface area contributed by atoms with Crippen LogP contribution in [0.5, 0.6) is 0 Å². The normalized spacial score (nSPS) is 11.4. The van der Waals surface area contributed by atoms with Crippen molar-refractivity contribution in [3.05, 3.63) is 33.8 Å². The molecule has 0 saturated heterocycles. The number of amides is 1. The van der Waals surface area contributed by atoms with Crippen LogP contribution in [0.1, 0.15) is 22.8 Å². The summed E-state index contributed by atoms with van der Waals surface area (Å²) in [6, 6.07) is 3.36. The number of carbonyl (C=O) groups excluding carboxylic acids is 1. The summed E-state index contributed by atoms with van der Waals surface area (Å²) in [7, 11) is 0. The van der Waals surface area contributed by atoms with E-state index in [-0.39, 0.29) is 16.6 Å². The first-order valence-electron chi connectivity index (χ1n) is 5.59. The van der Waals surface area contributed by atoms with Crippen molar-refractivity contribution in [1.82, 2.24) is 5.32 Å². The number of alkyl halides is 3. The van der Waals surface area contributed by atoms with Gasteiger partial charge in [0, 0.05) is 23.2 Å². The molecule has 0 unspecified atom stereocenters. The maximum absolute atomic E-state index is 12.7. The van der Waals surface area contributed by atoms with E-state index in [1.165, 1.54) is 12.1 Å². The summed E-state index contributed by atoms with van der Waals surface area (Å²) in [5.74, 6) is -0.558. The van der Waals surface area contributed by atoms with Gasteiger partial charge >= 0.3 is 6.18 Å². The number of benzene rings is 1. The van der Waals surface area contributed by atoms with E-state index in [0.717, 1.165) is 6.07 Å². The highest BCUT2D eigenvalue weighted by Crippen LogP contribution is 2.35. The van der Waals surface area contributed by atoms with Gasteiger partial charge in [-0.3, -0.25) is 4.79 Å². The SMILES string of the molecule is CCOCCNC(=O)c1ccc(Br)c(C(F)(F)F)c1. The monoisotopic (exact) mass is 339 g/mol. The number of halogens is 4. The molecule has 0 fully saturated rings. The number of carbonyl (C=O) groups is 1. The minimum atomic E-state index is -4.50. The van der Waals surface area contributed by atoms with Gasteiger partial charge in [0.15, 0.2) is 0 Å². The van der Waals surface area contributed by atoms with E-state index in [9.17, 15) is 18.0 Å². The van der Waals surface area contributed by atoms with Gasteiger partial charge in [0.25, 0.3) is 5.91 Å². The molecule has 0 aliphatic carbocycles. The summed E-state index contributed by atoms with van der Waals surface area (Å²) >= 11 is 2.82. The summed E-state index contributed by atoms with van der Waals surface area (Å²) in [5, 5.41) is 2.49. The summed E-state index contributed by atoms with van der Waals surface area (Å²) in [6.07, 6.45) is -4.50. The highest BCUT2D eigenvalue weighted by atomic mass is 79.9. The van der Waals surface area contributed by atoms with Crippen LogP contribution < -0.4 is 5.32 Å². The average Bonchev–Trinajstić information content (AvgIpc) is 2.33. The molecule has 0 heterocycles. The zero-order chi connectivity index (χ0) is 14.5. The molecule has 106 valence electrons. The van der Waals surface area contributed by atoms with Crippen molar-refractivity contribution < 1.29 is 22.7 Å². The predicted octanol–water partition coefficient (Wildman–Crippen LogP) is 3.23. The van der Waals surface area contributed by atoms with Crippen LogP contribution in [0.4, 0.5) is 13.2 Å². The Balaban J connectivity index is 2.76. The second kappa shape index (κ2) is 6.91. The number of nitrogens with one attached hydrogen (secondary N) is 1. The molecular formula is C12H13BrF3NO2. The number of rotatable bonds is 5. The molecule has 0 bridgehead atoms. The molecule has 1 N–H and O–H groups in total. The highest BCUT2D eigenvalue weighted by molar-refractivity contribution is 9.10. The van der Waals surface area contributed by atoms with Crippen LogP contribution in [0.25, 0.3) is 0 Å². The van der Waals surface area contributed by atoms with Crippen molar-refractivity contribution in [2.45, 2.75) is 13.1 Å². The minimum Gasteiger partial charge on any atom is -0.380 e. The molecule has 1 aromatic carbocycles. The molecule has 0 radical (unpaired) electrons. The van der Waals surface area contributed by atoms with Crippen molar-refractivity contribution in [3.63, 3.8) is 0 Å². The molecule has 0 aliphatic heterocycles. The maximum atomic E-state index is 12.7. The summed E-state index contributed by atoms with van der Waals surface area (Å²) < 4.78 is 42.9. The Morgan fingerprint density at radius 1 is 1.42 bits per heavy atom. The lowest BCUT2D eigenvalue weighted by Crippen LogP contribution is -2.27. The van der Waals surface area contributed by atoms with Gasteiger partial charge in [0.1, 0.15) is 0 Å². The summed E-state index contributed by atoms with van der Waals surface area (Å²) in [6.45, 7) is 2.91. The first-order chi connectivity index (χ1) is 8.86. The molecule has 7 heteroatoms. The second-order valence-corrected chi connectivity index (χ2v) is 4.50. The van der Waals surface area contributed by atoms with Gasteiger partial charge in [-0.2, -0.15) is 13.2 Å². The Morgan fingerprint density at radius 2 is 2.11 bits per heavy atom. The van der Waals surface area contributed by atoms with E-state index in [0.29, 0.717) is 13.2 Å². The molecular weight excluding hydrogens is 327 g/mol. The lowest BCUT2D eigenvalue weighted by molar-refractivity contribution is -0.138. The smallest absolute Gasteiger partial charge is 0.380 e. The third kappa shape index (κ3) is 4.83. The Bertz CT molecular complexity index is 449. The number of ether oxygens (including phenoxy) is 1. The van der Waals surface area contributed by atoms with E-state index in [1.54, 1.807) is 0 Å². The minimum absolute atomic E-state index is 0.0352. The molecule has 0 aromatic heterocycles.